The Morgan fingerprint density at radius 3 is 2.60 bits per heavy atom. The van der Waals surface area contributed by atoms with E-state index < -0.39 is 18.2 Å². The lowest BCUT2D eigenvalue weighted by Crippen LogP contribution is -2.24. The predicted molar refractivity (Wildman–Crippen MR) is 127 cm³/mol. The first-order valence-electron chi connectivity index (χ1n) is 8.91. The van der Waals surface area contributed by atoms with Crippen LogP contribution in [0.2, 0.25) is 10.0 Å². The molecule has 160 valence electrons. The Morgan fingerprint density at radius 1 is 1.17 bits per heavy atom. The number of hydrogen-bond donors (Lipinski definition) is 2. The normalized spacial score (nSPS) is 10.7. The zero-order valence-electron chi connectivity index (χ0n) is 16.3. The summed E-state index contributed by atoms with van der Waals surface area (Å²) < 4.78 is 11.9. The maximum absolute atomic E-state index is 12.0. The fraction of sp³-hybridized carbons (Fsp3) is 0.250. The monoisotopic (exact) mass is 563 g/mol. The van der Waals surface area contributed by atoms with Crippen molar-refractivity contribution in [2.45, 2.75) is 19.8 Å². The Balaban J connectivity index is 1.92. The molecule has 0 radical (unpaired) electrons. The number of amides is 2. The maximum atomic E-state index is 12.0. The minimum absolute atomic E-state index is 0.305. The van der Waals surface area contributed by atoms with Crippen molar-refractivity contribution in [2.75, 3.05) is 19.0 Å². The van der Waals surface area contributed by atoms with Crippen LogP contribution in [0.5, 0.6) is 11.5 Å². The van der Waals surface area contributed by atoms with Crippen molar-refractivity contribution in [3.63, 3.8) is 0 Å². The second-order valence-electron chi connectivity index (χ2n) is 6.03. The quantitative estimate of drug-likeness (QED) is 0.197. The van der Waals surface area contributed by atoms with Crippen LogP contribution in [0, 0.1) is 3.57 Å². The van der Waals surface area contributed by atoms with Crippen LogP contribution in [-0.4, -0.2) is 31.7 Å². The van der Waals surface area contributed by atoms with Crippen LogP contribution in [0.3, 0.4) is 0 Å². The molecular formula is C20H20Cl2IN3O4. The molecule has 0 aliphatic rings. The van der Waals surface area contributed by atoms with Gasteiger partial charge in [0, 0.05) is 5.69 Å². The molecule has 0 aliphatic carbocycles. The van der Waals surface area contributed by atoms with Crippen LogP contribution in [0.4, 0.5) is 5.69 Å². The molecular weight excluding hydrogens is 544 g/mol. The van der Waals surface area contributed by atoms with Crippen molar-refractivity contribution in [1.82, 2.24) is 5.43 Å². The van der Waals surface area contributed by atoms with Crippen LogP contribution in [0.15, 0.2) is 35.4 Å². The summed E-state index contributed by atoms with van der Waals surface area (Å²) in [6.07, 6.45) is 1.94. The van der Waals surface area contributed by atoms with Crippen molar-refractivity contribution in [2.24, 2.45) is 5.10 Å². The van der Waals surface area contributed by atoms with Gasteiger partial charge in [-0.1, -0.05) is 30.1 Å². The number of hydrogen-bond acceptors (Lipinski definition) is 5. The molecule has 2 aromatic rings. The van der Waals surface area contributed by atoms with Crippen LogP contribution in [0.1, 0.15) is 25.3 Å². The standard InChI is InChI=1S/C20H20Cl2IN3O4/c1-3-6-30-20-16(23)7-12(8-17(20)29-2)11-24-26-19(28)10-18(27)25-13-4-5-14(21)15(22)9-13/h4-5,7-9,11H,3,6,10H2,1-2H3,(H,25,27)(H,26,28). The van der Waals surface area contributed by atoms with Crippen LogP contribution < -0.4 is 20.2 Å². The first kappa shape index (κ1) is 24.2. The Labute approximate surface area is 198 Å². The molecule has 0 aliphatic heterocycles. The van der Waals surface area contributed by atoms with E-state index in [0.29, 0.717) is 39.4 Å². The van der Waals surface area contributed by atoms with E-state index in [-0.39, 0.29) is 0 Å². The van der Waals surface area contributed by atoms with Gasteiger partial charge in [0.05, 0.1) is 33.5 Å². The van der Waals surface area contributed by atoms with E-state index in [9.17, 15) is 9.59 Å². The minimum Gasteiger partial charge on any atom is -0.493 e. The van der Waals surface area contributed by atoms with E-state index in [1.165, 1.54) is 12.3 Å². The fourth-order valence-electron chi connectivity index (χ4n) is 2.30. The average molecular weight is 564 g/mol. The fourth-order valence-corrected chi connectivity index (χ4v) is 3.38. The highest BCUT2D eigenvalue weighted by Crippen LogP contribution is 2.33. The zero-order chi connectivity index (χ0) is 22.1. The summed E-state index contributed by atoms with van der Waals surface area (Å²) in [5.74, 6) is 0.173. The van der Waals surface area contributed by atoms with Crippen LogP contribution in [-0.2, 0) is 9.59 Å². The number of benzene rings is 2. The van der Waals surface area contributed by atoms with Gasteiger partial charge in [-0.25, -0.2) is 5.43 Å². The third kappa shape index (κ3) is 7.33. The summed E-state index contributed by atoms with van der Waals surface area (Å²) in [4.78, 5) is 23.9. The molecule has 2 aromatic carbocycles. The summed E-state index contributed by atoms with van der Waals surface area (Å²) in [6.45, 7) is 2.61. The van der Waals surface area contributed by atoms with Gasteiger partial charge < -0.3 is 14.8 Å². The van der Waals surface area contributed by atoms with E-state index in [4.69, 9.17) is 32.7 Å². The number of nitrogens with one attached hydrogen (secondary N) is 2. The van der Waals surface area contributed by atoms with Crippen molar-refractivity contribution >= 4 is 69.5 Å². The molecule has 0 saturated heterocycles. The Morgan fingerprint density at radius 2 is 1.93 bits per heavy atom. The molecule has 7 nitrogen and oxygen atoms in total. The number of hydrazone groups is 1. The Kier molecular flexibility index (Phi) is 9.67. The number of nitrogens with zero attached hydrogens (tertiary/aromatic N) is 1. The van der Waals surface area contributed by atoms with Gasteiger partial charge in [-0.05, 0) is 64.9 Å². The Bertz CT molecular complexity index is 954. The minimum atomic E-state index is -0.562. The van der Waals surface area contributed by atoms with Crippen molar-refractivity contribution < 1.29 is 19.1 Å². The summed E-state index contributed by atoms with van der Waals surface area (Å²) in [5, 5.41) is 7.14. The van der Waals surface area contributed by atoms with Crippen LogP contribution in [0.25, 0.3) is 0 Å². The number of ether oxygens (including phenoxy) is 2. The molecule has 0 bridgehead atoms. The highest BCUT2D eigenvalue weighted by molar-refractivity contribution is 14.1. The van der Waals surface area contributed by atoms with Gasteiger partial charge in [-0.2, -0.15) is 5.10 Å². The number of methoxy groups -OCH3 is 1. The van der Waals surface area contributed by atoms with E-state index in [1.807, 2.05) is 13.0 Å². The van der Waals surface area contributed by atoms with Gasteiger partial charge in [0.2, 0.25) is 11.8 Å². The van der Waals surface area contributed by atoms with Gasteiger partial charge in [0.15, 0.2) is 11.5 Å². The number of carbonyl (C=O) groups is 2. The predicted octanol–water partition coefficient (Wildman–Crippen LogP) is 4.87. The average Bonchev–Trinajstić information content (AvgIpc) is 2.69. The van der Waals surface area contributed by atoms with Crippen molar-refractivity contribution in [3.8, 4) is 11.5 Å². The summed E-state index contributed by atoms with van der Waals surface area (Å²) in [6, 6.07) is 8.24. The van der Waals surface area contributed by atoms with Gasteiger partial charge >= 0.3 is 0 Å². The third-order valence-corrected chi connectivity index (χ3v) is 5.17. The van der Waals surface area contributed by atoms with Gasteiger partial charge in [-0.3, -0.25) is 9.59 Å². The highest BCUT2D eigenvalue weighted by Gasteiger charge is 2.12. The molecule has 2 N–H and O–H groups in total. The summed E-state index contributed by atoms with van der Waals surface area (Å²) in [7, 11) is 1.55. The number of rotatable bonds is 9. The van der Waals surface area contributed by atoms with Crippen molar-refractivity contribution in [1.29, 1.82) is 0 Å². The lowest BCUT2D eigenvalue weighted by molar-refractivity contribution is -0.126. The number of halogens is 3. The van der Waals surface area contributed by atoms with E-state index in [1.54, 1.807) is 25.3 Å². The molecule has 2 amide bonds. The van der Waals surface area contributed by atoms with E-state index in [0.717, 1.165) is 9.99 Å². The molecule has 2 rings (SSSR count). The molecule has 0 heterocycles. The SMILES string of the molecule is CCCOc1c(I)cc(C=NNC(=O)CC(=O)Nc2ccc(Cl)c(Cl)c2)cc1OC. The molecule has 0 fully saturated rings. The molecule has 30 heavy (non-hydrogen) atoms. The molecule has 10 heteroatoms. The first-order valence-corrected chi connectivity index (χ1v) is 10.7. The second kappa shape index (κ2) is 12.0. The molecule has 0 unspecified atom stereocenters. The summed E-state index contributed by atoms with van der Waals surface area (Å²) in [5.41, 5.74) is 3.47. The topological polar surface area (TPSA) is 89.0 Å². The third-order valence-electron chi connectivity index (χ3n) is 3.63. The largest absolute Gasteiger partial charge is 0.493 e. The first-order chi connectivity index (χ1) is 14.3. The Hall–Kier alpha value is -2.04. The maximum Gasteiger partial charge on any atom is 0.249 e. The molecule has 0 spiro atoms. The van der Waals surface area contributed by atoms with Gasteiger partial charge in [0.1, 0.15) is 6.42 Å². The van der Waals surface area contributed by atoms with Gasteiger partial charge in [-0.15, -0.1) is 0 Å². The molecule has 0 saturated carbocycles. The van der Waals surface area contributed by atoms with Crippen molar-refractivity contribution in [3.05, 3.63) is 49.5 Å². The lowest BCUT2D eigenvalue weighted by atomic mass is 10.2. The van der Waals surface area contributed by atoms with E-state index in [2.05, 4.69) is 38.4 Å². The highest BCUT2D eigenvalue weighted by atomic mass is 127. The summed E-state index contributed by atoms with van der Waals surface area (Å²) >= 11 is 13.9. The lowest BCUT2D eigenvalue weighted by Gasteiger charge is -2.12. The number of anilines is 1. The van der Waals surface area contributed by atoms with E-state index >= 15 is 0 Å². The second-order valence-corrected chi connectivity index (χ2v) is 8.01. The zero-order valence-corrected chi connectivity index (χ0v) is 20.0. The molecule has 0 atom stereocenters. The molecule has 0 aromatic heterocycles. The number of carbonyl (C=O) groups excluding carboxylic acids is 2. The smallest absolute Gasteiger partial charge is 0.249 e. The van der Waals surface area contributed by atoms with Crippen LogP contribution >= 0.6 is 45.8 Å². The van der Waals surface area contributed by atoms with Gasteiger partial charge in [0.25, 0.3) is 0 Å².